The number of rotatable bonds is 7. The van der Waals surface area contributed by atoms with E-state index in [-0.39, 0.29) is 5.92 Å². The molecule has 3 nitrogen and oxygen atoms in total. The first-order valence-corrected chi connectivity index (χ1v) is 8.12. The van der Waals surface area contributed by atoms with E-state index < -0.39 is 0 Å². The zero-order chi connectivity index (χ0) is 15.4. The van der Waals surface area contributed by atoms with E-state index in [1.165, 1.54) is 18.4 Å². The van der Waals surface area contributed by atoms with Crippen LogP contribution in [-0.4, -0.2) is 23.4 Å². The third kappa shape index (κ3) is 4.76. The Balaban J connectivity index is 1.92. The maximum absolute atomic E-state index is 12.6. The van der Waals surface area contributed by atoms with Crippen molar-refractivity contribution in [3.63, 3.8) is 0 Å². The third-order valence-electron chi connectivity index (χ3n) is 4.24. The minimum atomic E-state index is 0.249. The van der Waals surface area contributed by atoms with E-state index in [0.717, 1.165) is 18.7 Å². The fourth-order valence-electron chi connectivity index (χ4n) is 2.62. The average molecular weight is 288 g/mol. The van der Waals surface area contributed by atoms with E-state index in [0.29, 0.717) is 24.3 Å². The molecule has 116 valence electrons. The summed E-state index contributed by atoms with van der Waals surface area (Å²) >= 11 is 0. The van der Waals surface area contributed by atoms with Gasteiger partial charge in [0.1, 0.15) is 0 Å². The number of nitrogens with zero attached hydrogens (tertiary/aromatic N) is 1. The third-order valence-corrected chi connectivity index (χ3v) is 4.24. The Kier molecular flexibility index (Phi) is 5.27. The van der Waals surface area contributed by atoms with Gasteiger partial charge in [0.05, 0.1) is 0 Å². The summed E-state index contributed by atoms with van der Waals surface area (Å²) in [6.07, 6.45) is 4.05. The van der Waals surface area contributed by atoms with E-state index >= 15 is 0 Å². The molecule has 0 aromatic heterocycles. The Bertz CT molecular complexity index is 463. The van der Waals surface area contributed by atoms with Crippen LogP contribution in [0.5, 0.6) is 0 Å². The van der Waals surface area contributed by atoms with Crippen LogP contribution in [0.25, 0.3) is 0 Å². The summed E-state index contributed by atoms with van der Waals surface area (Å²) in [7, 11) is 0. The predicted molar refractivity (Wildman–Crippen MR) is 88.1 cm³/mol. The van der Waals surface area contributed by atoms with Crippen LogP contribution < -0.4 is 5.73 Å². The van der Waals surface area contributed by atoms with E-state index in [4.69, 9.17) is 5.73 Å². The number of hydrogen-bond acceptors (Lipinski definition) is 2. The van der Waals surface area contributed by atoms with E-state index in [2.05, 4.69) is 25.7 Å². The monoisotopic (exact) mass is 288 g/mol. The van der Waals surface area contributed by atoms with Crippen LogP contribution >= 0.6 is 0 Å². The predicted octanol–water partition coefficient (Wildman–Crippen LogP) is 3.80. The Morgan fingerprint density at radius 1 is 1.24 bits per heavy atom. The molecule has 1 amide bonds. The number of anilines is 1. The van der Waals surface area contributed by atoms with Gasteiger partial charge in [0, 0.05) is 24.7 Å². The molecule has 1 unspecified atom stereocenters. The Morgan fingerprint density at radius 3 is 2.38 bits per heavy atom. The van der Waals surface area contributed by atoms with Crippen LogP contribution in [0, 0.1) is 5.92 Å². The molecule has 1 fully saturated rings. The summed E-state index contributed by atoms with van der Waals surface area (Å²) in [6.45, 7) is 7.46. The molecular weight excluding hydrogens is 260 g/mol. The van der Waals surface area contributed by atoms with Gasteiger partial charge in [-0.25, -0.2) is 0 Å². The van der Waals surface area contributed by atoms with Crippen molar-refractivity contribution in [3.05, 3.63) is 29.8 Å². The Morgan fingerprint density at radius 2 is 1.86 bits per heavy atom. The summed E-state index contributed by atoms with van der Waals surface area (Å²) in [5.74, 6) is 1.20. The molecule has 0 aliphatic heterocycles. The SMILES string of the molecule is CC(C)CCN(C(=O)CC(C)c1ccc(N)cc1)C1CC1. The highest BCUT2D eigenvalue weighted by Gasteiger charge is 2.32. The van der Waals surface area contributed by atoms with Crippen molar-refractivity contribution < 1.29 is 4.79 Å². The standard InChI is InChI=1S/C18H28N2O/c1-13(2)10-11-20(17-8-9-17)18(21)12-14(3)15-4-6-16(19)7-5-15/h4-7,13-14,17H,8-12,19H2,1-3H3. The van der Waals surface area contributed by atoms with Gasteiger partial charge in [-0.2, -0.15) is 0 Å². The minimum absolute atomic E-state index is 0.249. The highest BCUT2D eigenvalue weighted by molar-refractivity contribution is 5.77. The molecular formula is C18H28N2O. The molecule has 0 bridgehead atoms. The van der Waals surface area contributed by atoms with Gasteiger partial charge in [-0.3, -0.25) is 4.79 Å². The molecule has 1 aromatic carbocycles. The quantitative estimate of drug-likeness (QED) is 0.776. The molecule has 2 rings (SSSR count). The lowest BCUT2D eigenvalue weighted by molar-refractivity contribution is -0.132. The topological polar surface area (TPSA) is 46.3 Å². The first-order valence-electron chi connectivity index (χ1n) is 8.12. The van der Waals surface area contributed by atoms with Gasteiger partial charge in [-0.1, -0.05) is 32.9 Å². The van der Waals surface area contributed by atoms with Crippen molar-refractivity contribution in [1.82, 2.24) is 4.90 Å². The van der Waals surface area contributed by atoms with Crippen LogP contribution in [0.4, 0.5) is 5.69 Å². The molecule has 1 aliphatic rings. The molecule has 1 saturated carbocycles. The average Bonchev–Trinajstić information content (AvgIpc) is 3.23. The van der Waals surface area contributed by atoms with Crippen LogP contribution in [0.15, 0.2) is 24.3 Å². The van der Waals surface area contributed by atoms with Crippen molar-refractivity contribution in [2.24, 2.45) is 5.92 Å². The fraction of sp³-hybridized carbons (Fsp3) is 0.611. The summed E-state index contributed by atoms with van der Waals surface area (Å²) in [4.78, 5) is 14.7. The molecule has 2 N–H and O–H groups in total. The van der Waals surface area contributed by atoms with Crippen molar-refractivity contribution >= 4 is 11.6 Å². The minimum Gasteiger partial charge on any atom is -0.399 e. The van der Waals surface area contributed by atoms with Gasteiger partial charge in [-0.15, -0.1) is 0 Å². The number of nitrogens with two attached hydrogens (primary N) is 1. The molecule has 0 saturated heterocycles. The van der Waals surface area contributed by atoms with Crippen LogP contribution in [-0.2, 0) is 4.79 Å². The number of hydrogen-bond donors (Lipinski definition) is 1. The van der Waals surface area contributed by atoms with Crippen LogP contribution in [0.2, 0.25) is 0 Å². The lowest BCUT2D eigenvalue weighted by atomic mass is 9.96. The number of nitrogen functional groups attached to an aromatic ring is 1. The highest BCUT2D eigenvalue weighted by Crippen LogP contribution is 2.30. The molecule has 1 aliphatic carbocycles. The number of carbonyl (C=O) groups is 1. The summed E-state index contributed by atoms with van der Waals surface area (Å²) in [5.41, 5.74) is 7.68. The zero-order valence-electron chi connectivity index (χ0n) is 13.5. The largest absolute Gasteiger partial charge is 0.399 e. The second-order valence-corrected chi connectivity index (χ2v) is 6.77. The van der Waals surface area contributed by atoms with E-state index in [9.17, 15) is 4.79 Å². The molecule has 21 heavy (non-hydrogen) atoms. The maximum atomic E-state index is 12.6. The molecule has 3 heteroatoms. The van der Waals surface area contributed by atoms with Crippen molar-refractivity contribution in [1.29, 1.82) is 0 Å². The van der Waals surface area contributed by atoms with Crippen molar-refractivity contribution in [2.45, 2.75) is 58.4 Å². The second kappa shape index (κ2) is 6.97. The highest BCUT2D eigenvalue weighted by atomic mass is 16.2. The van der Waals surface area contributed by atoms with Gasteiger partial charge < -0.3 is 10.6 Å². The van der Waals surface area contributed by atoms with Crippen molar-refractivity contribution in [2.75, 3.05) is 12.3 Å². The van der Waals surface area contributed by atoms with E-state index in [1.807, 2.05) is 24.3 Å². The summed E-state index contributed by atoms with van der Waals surface area (Å²) in [6, 6.07) is 8.39. The smallest absolute Gasteiger partial charge is 0.223 e. The molecule has 0 heterocycles. The second-order valence-electron chi connectivity index (χ2n) is 6.77. The summed E-state index contributed by atoms with van der Waals surface area (Å²) < 4.78 is 0. The Hall–Kier alpha value is -1.51. The van der Waals surface area contributed by atoms with Gasteiger partial charge >= 0.3 is 0 Å². The van der Waals surface area contributed by atoms with Gasteiger partial charge in [0.25, 0.3) is 0 Å². The molecule has 1 aromatic rings. The maximum Gasteiger partial charge on any atom is 0.223 e. The molecule has 0 radical (unpaired) electrons. The fourth-order valence-corrected chi connectivity index (χ4v) is 2.62. The van der Waals surface area contributed by atoms with Crippen molar-refractivity contribution in [3.8, 4) is 0 Å². The number of benzene rings is 1. The summed E-state index contributed by atoms with van der Waals surface area (Å²) in [5, 5.41) is 0. The lowest BCUT2D eigenvalue weighted by Crippen LogP contribution is -2.35. The normalized spacial score (nSPS) is 16.0. The first-order chi connectivity index (χ1) is 9.97. The van der Waals surface area contributed by atoms with E-state index in [1.54, 1.807) is 0 Å². The van der Waals surface area contributed by atoms with Gasteiger partial charge in [0.15, 0.2) is 0 Å². The molecule has 1 atom stereocenters. The van der Waals surface area contributed by atoms with Gasteiger partial charge in [-0.05, 0) is 48.8 Å². The van der Waals surface area contributed by atoms with Gasteiger partial charge in [0.2, 0.25) is 5.91 Å². The number of amides is 1. The van der Waals surface area contributed by atoms with Crippen LogP contribution in [0.1, 0.15) is 57.9 Å². The first kappa shape index (κ1) is 15.9. The molecule has 0 spiro atoms. The number of carbonyl (C=O) groups excluding carboxylic acids is 1. The van der Waals surface area contributed by atoms with Crippen LogP contribution in [0.3, 0.4) is 0 Å². The zero-order valence-corrected chi connectivity index (χ0v) is 13.5. The lowest BCUT2D eigenvalue weighted by Gasteiger charge is -2.25. The Labute approximate surface area is 128 Å².